The predicted octanol–water partition coefficient (Wildman–Crippen LogP) is 5.41. The summed E-state index contributed by atoms with van der Waals surface area (Å²) in [7, 11) is 0. The van der Waals surface area contributed by atoms with E-state index in [9.17, 15) is 0 Å². The number of hydrogen-bond donors (Lipinski definition) is 0. The zero-order chi connectivity index (χ0) is 15.6. The van der Waals surface area contributed by atoms with Gasteiger partial charge < -0.3 is 0 Å². The van der Waals surface area contributed by atoms with Crippen LogP contribution in [0.4, 0.5) is 0 Å². The number of pyridine rings is 1. The summed E-state index contributed by atoms with van der Waals surface area (Å²) in [6, 6.07) is 21.7. The molecular formula is C22H19N. The number of aromatic nitrogens is 1. The average molecular weight is 297 g/mol. The van der Waals surface area contributed by atoms with Gasteiger partial charge in [0.2, 0.25) is 0 Å². The lowest BCUT2D eigenvalue weighted by atomic mass is 9.96. The lowest BCUT2D eigenvalue weighted by molar-refractivity contribution is 1.14. The van der Waals surface area contributed by atoms with Gasteiger partial charge in [0.05, 0.1) is 5.69 Å². The first-order valence-electron chi connectivity index (χ1n) is 8.18. The number of benzene rings is 2. The van der Waals surface area contributed by atoms with Crippen LogP contribution in [0.15, 0.2) is 66.9 Å². The Kier molecular flexibility index (Phi) is 3.55. The molecule has 0 atom stereocenters. The third kappa shape index (κ3) is 2.59. The summed E-state index contributed by atoms with van der Waals surface area (Å²) in [5.74, 6) is 0. The molecule has 0 N–H and O–H groups in total. The first-order valence-corrected chi connectivity index (χ1v) is 8.18. The highest BCUT2D eigenvalue weighted by atomic mass is 14.7. The topological polar surface area (TPSA) is 12.9 Å². The molecule has 0 bridgehead atoms. The standard InChI is InChI=1S/C22H19N/c1-2-16-9-11-17(12-10-16)20-7-5-6-18-14-19(15-21(18)20)22-8-3-4-13-23-22/h3-13,15H,2,14H2,1H3. The van der Waals surface area contributed by atoms with E-state index in [1.165, 1.54) is 33.4 Å². The number of aryl methyl sites for hydroxylation is 1. The molecule has 1 aliphatic carbocycles. The molecule has 1 aliphatic rings. The number of hydrogen-bond acceptors (Lipinski definition) is 1. The minimum Gasteiger partial charge on any atom is -0.257 e. The van der Waals surface area contributed by atoms with Gasteiger partial charge in [-0.25, -0.2) is 0 Å². The van der Waals surface area contributed by atoms with Crippen molar-refractivity contribution >= 4 is 11.6 Å². The summed E-state index contributed by atoms with van der Waals surface area (Å²) < 4.78 is 0. The second kappa shape index (κ2) is 5.85. The van der Waals surface area contributed by atoms with Gasteiger partial charge in [-0.2, -0.15) is 0 Å². The highest BCUT2D eigenvalue weighted by Crippen LogP contribution is 2.37. The molecule has 3 aromatic rings. The number of fused-ring (bicyclic) bond motifs is 1. The van der Waals surface area contributed by atoms with Crippen molar-refractivity contribution in [2.24, 2.45) is 0 Å². The van der Waals surface area contributed by atoms with Crippen molar-refractivity contribution in [3.63, 3.8) is 0 Å². The molecule has 0 aliphatic heterocycles. The molecule has 0 unspecified atom stereocenters. The molecule has 1 heteroatoms. The molecule has 112 valence electrons. The SMILES string of the molecule is CCc1ccc(-c2cccc3c2C=C(c2ccccn2)C3)cc1. The van der Waals surface area contributed by atoms with Crippen LogP contribution in [0.3, 0.4) is 0 Å². The molecule has 0 saturated carbocycles. The third-order valence-electron chi connectivity index (χ3n) is 4.56. The largest absolute Gasteiger partial charge is 0.257 e. The molecule has 0 fully saturated rings. The van der Waals surface area contributed by atoms with Gasteiger partial charge in [-0.15, -0.1) is 0 Å². The van der Waals surface area contributed by atoms with Crippen LogP contribution in [-0.2, 0) is 12.8 Å². The Morgan fingerprint density at radius 3 is 2.52 bits per heavy atom. The molecule has 4 rings (SSSR count). The van der Waals surface area contributed by atoms with Crippen LogP contribution in [0.25, 0.3) is 22.8 Å². The zero-order valence-corrected chi connectivity index (χ0v) is 13.3. The summed E-state index contributed by atoms with van der Waals surface area (Å²) in [6.45, 7) is 2.19. The number of rotatable bonds is 3. The van der Waals surface area contributed by atoms with Gasteiger partial charge in [0.25, 0.3) is 0 Å². The van der Waals surface area contributed by atoms with E-state index in [1.807, 2.05) is 12.3 Å². The normalized spacial score (nSPS) is 12.8. The van der Waals surface area contributed by atoms with Crippen molar-refractivity contribution < 1.29 is 0 Å². The van der Waals surface area contributed by atoms with E-state index in [4.69, 9.17) is 0 Å². The summed E-state index contributed by atoms with van der Waals surface area (Å²) >= 11 is 0. The number of allylic oxidation sites excluding steroid dienone is 1. The lowest BCUT2D eigenvalue weighted by Crippen LogP contribution is -1.89. The van der Waals surface area contributed by atoms with Gasteiger partial charge in [-0.1, -0.05) is 55.5 Å². The van der Waals surface area contributed by atoms with Gasteiger partial charge in [0, 0.05) is 12.6 Å². The van der Waals surface area contributed by atoms with Crippen LogP contribution in [0.2, 0.25) is 0 Å². The first-order chi connectivity index (χ1) is 11.3. The maximum Gasteiger partial charge on any atom is 0.0665 e. The summed E-state index contributed by atoms with van der Waals surface area (Å²) in [6.07, 6.45) is 6.22. The summed E-state index contributed by atoms with van der Waals surface area (Å²) in [5.41, 5.74) is 9.11. The van der Waals surface area contributed by atoms with Gasteiger partial charge in [0.15, 0.2) is 0 Å². The molecule has 1 heterocycles. The Labute approximate surface area is 137 Å². The molecular weight excluding hydrogens is 278 g/mol. The Balaban J connectivity index is 1.77. The molecule has 1 nitrogen and oxygen atoms in total. The highest BCUT2D eigenvalue weighted by molar-refractivity contribution is 5.93. The zero-order valence-electron chi connectivity index (χ0n) is 13.3. The van der Waals surface area contributed by atoms with E-state index in [2.05, 4.69) is 72.6 Å². The third-order valence-corrected chi connectivity index (χ3v) is 4.56. The van der Waals surface area contributed by atoms with E-state index >= 15 is 0 Å². The summed E-state index contributed by atoms with van der Waals surface area (Å²) in [5, 5.41) is 0. The van der Waals surface area contributed by atoms with E-state index < -0.39 is 0 Å². The van der Waals surface area contributed by atoms with Crippen LogP contribution < -0.4 is 0 Å². The second-order valence-electron chi connectivity index (χ2n) is 5.99. The van der Waals surface area contributed by atoms with Crippen LogP contribution >= 0.6 is 0 Å². The molecule has 0 spiro atoms. The maximum absolute atomic E-state index is 4.50. The fourth-order valence-electron chi connectivity index (χ4n) is 3.26. The fraction of sp³-hybridized carbons (Fsp3) is 0.136. The van der Waals surface area contributed by atoms with Crippen LogP contribution in [-0.4, -0.2) is 4.98 Å². The molecule has 0 saturated heterocycles. The van der Waals surface area contributed by atoms with E-state index in [1.54, 1.807) is 0 Å². The highest BCUT2D eigenvalue weighted by Gasteiger charge is 2.18. The van der Waals surface area contributed by atoms with E-state index in [0.717, 1.165) is 18.5 Å². The van der Waals surface area contributed by atoms with E-state index in [0.29, 0.717) is 0 Å². The van der Waals surface area contributed by atoms with Crippen molar-refractivity contribution in [3.8, 4) is 11.1 Å². The van der Waals surface area contributed by atoms with Crippen LogP contribution in [0.5, 0.6) is 0 Å². The maximum atomic E-state index is 4.50. The van der Waals surface area contributed by atoms with Crippen molar-refractivity contribution in [1.29, 1.82) is 0 Å². The van der Waals surface area contributed by atoms with Crippen molar-refractivity contribution in [2.75, 3.05) is 0 Å². The lowest BCUT2D eigenvalue weighted by Gasteiger charge is -2.08. The Hall–Kier alpha value is -2.67. The Morgan fingerprint density at radius 2 is 1.78 bits per heavy atom. The molecule has 0 radical (unpaired) electrons. The van der Waals surface area contributed by atoms with Crippen LogP contribution in [0.1, 0.15) is 29.3 Å². The minimum atomic E-state index is 0.966. The van der Waals surface area contributed by atoms with Crippen molar-refractivity contribution in [3.05, 3.63) is 89.2 Å². The predicted molar refractivity (Wildman–Crippen MR) is 97.1 cm³/mol. The molecule has 2 aromatic carbocycles. The van der Waals surface area contributed by atoms with Gasteiger partial charge in [-0.05, 0) is 58.0 Å². The van der Waals surface area contributed by atoms with Crippen molar-refractivity contribution in [1.82, 2.24) is 4.98 Å². The van der Waals surface area contributed by atoms with Crippen molar-refractivity contribution in [2.45, 2.75) is 19.8 Å². The molecule has 23 heavy (non-hydrogen) atoms. The van der Waals surface area contributed by atoms with Gasteiger partial charge >= 0.3 is 0 Å². The Bertz CT molecular complexity index is 858. The van der Waals surface area contributed by atoms with Crippen LogP contribution in [0, 0.1) is 0 Å². The van der Waals surface area contributed by atoms with E-state index in [-0.39, 0.29) is 0 Å². The quantitative estimate of drug-likeness (QED) is 0.630. The monoisotopic (exact) mass is 297 g/mol. The molecule has 1 aromatic heterocycles. The number of nitrogens with zero attached hydrogens (tertiary/aromatic N) is 1. The van der Waals surface area contributed by atoms with Gasteiger partial charge in [-0.3, -0.25) is 4.98 Å². The summed E-state index contributed by atoms with van der Waals surface area (Å²) in [4.78, 5) is 4.50. The molecule has 0 amide bonds. The first kappa shape index (κ1) is 14.0. The fourth-order valence-corrected chi connectivity index (χ4v) is 3.26. The average Bonchev–Trinajstić information content (AvgIpc) is 3.07. The smallest absolute Gasteiger partial charge is 0.0665 e. The van der Waals surface area contributed by atoms with Gasteiger partial charge in [0.1, 0.15) is 0 Å². The Morgan fingerprint density at radius 1 is 0.913 bits per heavy atom. The minimum absolute atomic E-state index is 0.966. The second-order valence-corrected chi connectivity index (χ2v) is 5.99.